The van der Waals surface area contributed by atoms with Crippen LogP contribution in [0.1, 0.15) is 16.9 Å². The molecule has 1 fully saturated rings. The first-order valence-corrected chi connectivity index (χ1v) is 8.89. The molecular weight excluding hydrogens is 328 g/mol. The molecule has 0 aromatic carbocycles. The molecule has 3 N–H and O–H groups in total. The number of hydrogen-bond donors (Lipinski definition) is 3. The van der Waals surface area contributed by atoms with Crippen molar-refractivity contribution in [2.24, 2.45) is 5.92 Å². The third kappa shape index (κ3) is 3.35. The molecule has 1 saturated heterocycles. The number of β-amino-alcohol motifs (C(OH)–C–C–N with tert-alkyl or cyclic N) is 1. The zero-order valence-corrected chi connectivity index (χ0v) is 14.7. The zero-order valence-electron chi connectivity index (χ0n) is 13.8. The first kappa shape index (κ1) is 17.1. The van der Waals surface area contributed by atoms with E-state index in [-0.39, 0.29) is 23.8 Å². The highest BCUT2D eigenvalue weighted by atomic mass is 32.1. The molecule has 1 amide bonds. The van der Waals surface area contributed by atoms with Crippen LogP contribution >= 0.6 is 11.3 Å². The van der Waals surface area contributed by atoms with E-state index in [9.17, 15) is 14.7 Å². The normalized spacial score (nSPS) is 20.6. The molecule has 0 bridgehead atoms. The number of aliphatic hydroxyl groups is 1. The van der Waals surface area contributed by atoms with E-state index in [0.29, 0.717) is 31.6 Å². The number of aliphatic hydroxyl groups excluding tert-OH is 1. The summed E-state index contributed by atoms with van der Waals surface area (Å²) in [6.45, 7) is 5.93. The van der Waals surface area contributed by atoms with Crippen LogP contribution in [0.3, 0.4) is 0 Å². The lowest BCUT2D eigenvalue weighted by Crippen LogP contribution is -2.35. The fraction of sp³-hybridized carbons (Fsp3) is 0.562. The number of fused-ring (bicyclic) bond motifs is 1. The van der Waals surface area contributed by atoms with Crippen molar-refractivity contribution in [1.29, 1.82) is 0 Å². The molecule has 1 aliphatic rings. The molecule has 0 saturated carbocycles. The van der Waals surface area contributed by atoms with Gasteiger partial charge in [0.05, 0.1) is 17.8 Å². The summed E-state index contributed by atoms with van der Waals surface area (Å²) in [5.74, 6) is -0.0783. The highest BCUT2D eigenvalue weighted by molar-refractivity contribution is 7.18. The Morgan fingerprint density at radius 3 is 3.00 bits per heavy atom. The largest absolute Gasteiger partial charge is 0.391 e. The second-order valence-electron chi connectivity index (χ2n) is 6.25. The lowest BCUT2D eigenvalue weighted by molar-refractivity contribution is -0.121. The Balaban J connectivity index is 1.61. The van der Waals surface area contributed by atoms with Gasteiger partial charge < -0.3 is 15.7 Å². The SMILES string of the molecule is Cc1sc2ncn(CCC(=O)NCC3CNCC3O)c(=O)c2c1C. The van der Waals surface area contributed by atoms with Crippen molar-refractivity contribution in [3.05, 3.63) is 27.1 Å². The molecule has 1 aliphatic heterocycles. The van der Waals surface area contributed by atoms with Gasteiger partial charge in [-0.2, -0.15) is 0 Å². The number of nitrogens with zero attached hydrogens (tertiary/aromatic N) is 2. The summed E-state index contributed by atoms with van der Waals surface area (Å²) in [5, 5.41) is 16.3. The molecule has 8 heteroatoms. The molecule has 7 nitrogen and oxygen atoms in total. The van der Waals surface area contributed by atoms with Crippen molar-refractivity contribution in [1.82, 2.24) is 20.2 Å². The highest BCUT2D eigenvalue weighted by Crippen LogP contribution is 2.25. The molecule has 2 atom stereocenters. The van der Waals surface area contributed by atoms with Crippen molar-refractivity contribution < 1.29 is 9.90 Å². The van der Waals surface area contributed by atoms with Gasteiger partial charge in [-0.25, -0.2) is 4.98 Å². The number of amides is 1. The Morgan fingerprint density at radius 1 is 1.50 bits per heavy atom. The lowest BCUT2D eigenvalue weighted by Gasteiger charge is -2.14. The number of nitrogens with one attached hydrogen (secondary N) is 2. The minimum atomic E-state index is -0.413. The van der Waals surface area contributed by atoms with E-state index < -0.39 is 6.10 Å². The summed E-state index contributed by atoms with van der Waals surface area (Å²) in [7, 11) is 0. The van der Waals surface area contributed by atoms with E-state index in [1.165, 1.54) is 22.2 Å². The average molecular weight is 350 g/mol. The second-order valence-corrected chi connectivity index (χ2v) is 7.45. The van der Waals surface area contributed by atoms with Crippen molar-refractivity contribution >= 4 is 27.5 Å². The fourth-order valence-electron chi connectivity index (χ4n) is 2.91. The summed E-state index contributed by atoms with van der Waals surface area (Å²) >= 11 is 1.52. The van der Waals surface area contributed by atoms with Crippen LogP contribution in [0.2, 0.25) is 0 Å². The van der Waals surface area contributed by atoms with Crippen LogP contribution in [0.4, 0.5) is 0 Å². The molecule has 2 unspecified atom stereocenters. The summed E-state index contributed by atoms with van der Waals surface area (Å²) in [6.07, 6.45) is 1.31. The minimum Gasteiger partial charge on any atom is -0.391 e. The molecule has 2 aromatic heterocycles. The molecule has 2 aromatic rings. The van der Waals surface area contributed by atoms with Crippen LogP contribution in [0.5, 0.6) is 0 Å². The summed E-state index contributed by atoms with van der Waals surface area (Å²) in [5.41, 5.74) is 0.874. The zero-order chi connectivity index (χ0) is 17.3. The Kier molecular flexibility index (Phi) is 4.98. The van der Waals surface area contributed by atoms with E-state index in [4.69, 9.17) is 0 Å². The summed E-state index contributed by atoms with van der Waals surface area (Å²) < 4.78 is 1.49. The monoisotopic (exact) mass is 350 g/mol. The van der Waals surface area contributed by atoms with E-state index in [1.54, 1.807) is 0 Å². The minimum absolute atomic E-state index is 0.0473. The van der Waals surface area contributed by atoms with Gasteiger partial charge in [0.15, 0.2) is 0 Å². The van der Waals surface area contributed by atoms with Crippen molar-refractivity contribution in [3.8, 4) is 0 Å². The number of hydrogen-bond acceptors (Lipinski definition) is 6. The first-order valence-electron chi connectivity index (χ1n) is 8.08. The van der Waals surface area contributed by atoms with Gasteiger partial charge in [-0.15, -0.1) is 11.3 Å². The number of aryl methyl sites for hydroxylation is 3. The third-order valence-corrected chi connectivity index (χ3v) is 5.72. The van der Waals surface area contributed by atoms with Crippen molar-refractivity contribution in [3.63, 3.8) is 0 Å². The predicted molar refractivity (Wildman–Crippen MR) is 93.3 cm³/mol. The van der Waals surface area contributed by atoms with Crippen LogP contribution in [-0.4, -0.2) is 46.3 Å². The number of thiophene rings is 1. The van der Waals surface area contributed by atoms with Gasteiger partial charge in [0.2, 0.25) is 5.91 Å². The average Bonchev–Trinajstić information content (AvgIpc) is 3.09. The predicted octanol–water partition coefficient (Wildman–Crippen LogP) is 0.161. The second kappa shape index (κ2) is 7.00. The third-order valence-electron chi connectivity index (χ3n) is 4.60. The van der Waals surface area contributed by atoms with Crippen LogP contribution in [-0.2, 0) is 11.3 Å². The van der Waals surface area contributed by atoms with E-state index in [1.807, 2.05) is 13.8 Å². The number of carbonyl (C=O) groups excluding carboxylic acids is 1. The van der Waals surface area contributed by atoms with E-state index in [0.717, 1.165) is 15.3 Å². The molecule has 24 heavy (non-hydrogen) atoms. The maximum absolute atomic E-state index is 12.5. The topological polar surface area (TPSA) is 96.2 Å². The summed E-state index contributed by atoms with van der Waals surface area (Å²) in [6, 6.07) is 0. The Bertz CT molecular complexity index is 813. The molecule has 0 aliphatic carbocycles. The molecular formula is C16H22N4O3S. The fourth-order valence-corrected chi connectivity index (χ4v) is 3.90. The Hall–Kier alpha value is -1.77. The lowest BCUT2D eigenvalue weighted by atomic mass is 10.1. The van der Waals surface area contributed by atoms with Crippen molar-refractivity contribution in [2.45, 2.75) is 32.9 Å². The molecule has 130 valence electrons. The van der Waals surface area contributed by atoms with Crippen LogP contribution in [0.25, 0.3) is 10.2 Å². The maximum Gasteiger partial charge on any atom is 0.262 e. The van der Waals surface area contributed by atoms with Gasteiger partial charge in [-0.3, -0.25) is 14.2 Å². The van der Waals surface area contributed by atoms with E-state index >= 15 is 0 Å². The van der Waals surface area contributed by atoms with E-state index in [2.05, 4.69) is 15.6 Å². The summed E-state index contributed by atoms with van der Waals surface area (Å²) in [4.78, 5) is 30.7. The van der Waals surface area contributed by atoms with Crippen LogP contribution in [0, 0.1) is 19.8 Å². The molecule has 3 heterocycles. The van der Waals surface area contributed by atoms with Crippen LogP contribution < -0.4 is 16.2 Å². The first-order chi connectivity index (χ1) is 11.5. The van der Waals surface area contributed by atoms with Gasteiger partial charge in [0, 0.05) is 43.4 Å². The Labute approximate surface area is 143 Å². The number of aromatic nitrogens is 2. The smallest absolute Gasteiger partial charge is 0.262 e. The van der Waals surface area contributed by atoms with Gasteiger partial charge in [-0.1, -0.05) is 0 Å². The van der Waals surface area contributed by atoms with Gasteiger partial charge in [-0.05, 0) is 19.4 Å². The molecule has 3 rings (SSSR count). The standard InChI is InChI=1S/C16H22N4O3S/c1-9-10(2)24-15-14(9)16(23)20(8-19-15)4-3-13(22)18-6-11-5-17-7-12(11)21/h8,11-12,17,21H,3-7H2,1-2H3,(H,18,22). The quantitative estimate of drug-likeness (QED) is 0.714. The number of carbonyl (C=O) groups is 1. The van der Waals surface area contributed by atoms with Gasteiger partial charge in [0.25, 0.3) is 5.56 Å². The molecule has 0 spiro atoms. The highest BCUT2D eigenvalue weighted by Gasteiger charge is 2.24. The maximum atomic E-state index is 12.5. The van der Waals surface area contributed by atoms with Crippen molar-refractivity contribution in [2.75, 3.05) is 19.6 Å². The van der Waals surface area contributed by atoms with Crippen LogP contribution in [0.15, 0.2) is 11.1 Å². The number of rotatable bonds is 5. The molecule has 0 radical (unpaired) electrons. The Morgan fingerprint density at radius 2 is 2.29 bits per heavy atom. The van der Waals surface area contributed by atoms with Gasteiger partial charge in [0.1, 0.15) is 4.83 Å². The van der Waals surface area contributed by atoms with Gasteiger partial charge >= 0.3 is 0 Å².